The summed E-state index contributed by atoms with van der Waals surface area (Å²) in [6.07, 6.45) is 1.49. The van der Waals surface area contributed by atoms with Crippen molar-refractivity contribution in [2.24, 2.45) is 5.41 Å². The minimum Gasteiger partial charge on any atom is -0.294 e. The molecule has 0 N–H and O–H groups in total. The number of carbonyl (C=O) groups is 1. The Balaban J connectivity index is 2.45. The number of rotatable bonds is 1. The van der Waals surface area contributed by atoms with E-state index in [1.165, 1.54) is 0 Å². The van der Waals surface area contributed by atoms with Gasteiger partial charge in [-0.1, -0.05) is 44.2 Å². The van der Waals surface area contributed by atoms with Gasteiger partial charge in [0.25, 0.3) is 0 Å². The summed E-state index contributed by atoms with van der Waals surface area (Å²) in [7, 11) is 0. The molecule has 1 aromatic carbocycles. The van der Waals surface area contributed by atoms with Crippen LogP contribution >= 0.6 is 12.6 Å². The van der Waals surface area contributed by atoms with E-state index in [2.05, 4.69) is 26.5 Å². The molecule has 2 heteroatoms. The lowest BCUT2D eigenvalue weighted by atomic mass is 9.76. The number of hydrogen-bond acceptors (Lipinski definition) is 2. The molecule has 0 radical (unpaired) electrons. The van der Waals surface area contributed by atoms with Crippen LogP contribution in [-0.4, -0.2) is 5.78 Å². The van der Waals surface area contributed by atoms with Gasteiger partial charge in [-0.3, -0.25) is 4.79 Å². The van der Waals surface area contributed by atoms with E-state index in [0.717, 1.165) is 22.5 Å². The van der Waals surface area contributed by atoms with Crippen molar-refractivity contribution in [2.75, 3.05) is 0 Å². The molecule has 1 aliphatic rings. The highest BCUT2D eigenvalue weighted by Gasteiger charge is 2.31. The van der Waals surface area contributed by atoms with E-state index < -0.39 is 0 Å². The number of allylic oxidation sites excluding steroid dienone is 2. The van der Waals surface area contributed by atoms with Gasteiger partial charge in [-0.2, -0.15) is 0 Å². The second-order valence-electron chi connectivity index (χ2n) is 5.13. The molecule has 0 fully saturated rings. The Morgan fingerprint density at radius 3 is 2.31 bits per heavy atom. The maximum absolute atomic E-state index is 12.1. The Labute approximate surface area is 102 Å². The molecule has 84 valence electrons. The molecular weight excluding hydrogens is 216 g/mol. The molecule has 16 heavy (non-hydrogen) atoms. The molecule has 1 nitrogen and oxygen atoms in total. The van der Waals surface area contributed by atoms with Crippen LogP contribution in [-0.2, 0) is 4.79 Å². The molecule has 0 bridgehead atoms. The van der Waals surface area contributed by atoms with E-state index >= 15 is 0 Å². The normalized spacial score (nSPS) is 20.1. The van der Waals surface area contributed by atoms with Gasteiger partial charge in [0.15, 0.2) is 5.78 Å². The Morgan fingerprint density at radius 1 is 1.12 bits per heavy atom. The van der Waals surface area contributed by atoms with Gasteiger partial charge in [0.2, 0.25) is 0 Å². The highest BCUT2D eigenvalue weighted by atomic mass is 32.1. The number of benzene rings is 1. The molecule has 0 atom stereocenters. The third kappa shape index (κ3) is 2.22. The van der Waals surface area contributed by atoms with Crippen LogP contribution in [0.3, 0.4) is 0 Å². The van der Waals surface area contributed by atoms with Crippen molar-refractivity contribution in [2.45, 2.75) is 26.7 Å². The minimum absolute atomic E-state index is 0.0481. The maximum Gasteiger partial charge on any atom is 0.164 e. The lowest BCUT2D eigenvalue weighted by molar-refractivity contribution is -0.115. The van der Waals surface area contributed by atoms with Crippen molar-refractivity contribution >= 4 is 24.0 Å². The van der Waals surface area contributed by atoms with E-state index in [9.17, 15) is 4.79 Å². The molecular formula is C14H16OS. The van der Waals surface area contributed by atoms with E-state index in [1.807, 2.05) is 30.3 Å². The van der Waals surface area contributed by atoms with Crippen LogP contribution in [0.25, 0.3) is 5.57 Å². The number of thiol groups is 1. The Morgan fingerprint density at radius 2 is 1.75 bits per heavy atom. The summed E-state index contributed by atoms with van der Waals surface area (Å²) in [5.74, 6) is 0.215. The lowest BCUT2D eigenvalue weighted by Gasteiger charge is -2.30. The van der Waals surface area contributed by atoms with Crippen molar-refractivity contribution in [3.63, 3.8) is 0 Å². The minimum atomic E-state index is 0.0481. The second kappa shape index (κ2) is 4.10. The van der Waals surface area contributed by atoms with Crippen molar-refractivity contribution < 1.29 is 4.79 Å². The Kier molecular flexibility index (Phi) is 2.94. The smallest absolute Gasteiger partial charge is 0.164 e. The zero-order valence-electron chi connectivity index (χ0n) is 9.66. The summed E-state index contributed by atoms with van der Waals surface area (Å²) in [6, 6.07) is 9.82. The summed E-state index contributed by atoms with van der Waals surface area (Å²) in [6.45, 7) is 4.23. The van der Waals surface area contributed by atoms with Crippen LogP contribution in [0.5, 0.6) is 0 Å². The molecule has 1 aromatic rings. The molecule has 1 aliphatic carbocycles. The summed E-state index contributed by atoms with van der Waals surface area (Å²) in [4.78, 5) is 13.0. The van der Waals surface area contributed by atoms with Gasteiger partial charge < -0.3 is 0 Å². The van der Waals surface area contributed by atoms with Crippen molar-refractivity contribution in [1.29, 1.82) is 0 Å². The first-order chi connectivity index (χ1) is 7.49. The second-order valence-corrected chi connectivity index (χ2v) is 5.67. The fourth-order valence-electron chi connectivity index (χ4n) is 2.22. The SMILES string of the molecule is CC1(C)CC(=O)C(c2ccccc2)=C(S)C1. The van der Waals surface area contributed by atoms with Gasteiger partial charge in [-0.25, -0.2) is 0 Å². The topological polar surface area (TPSA) is 17.1 Å². The van der Waals surface area contributed by atoms with E-state index in [0.29, 0.717) is 6.42 Å². The first kappa shape index (κ1) is 11.5. The first-order valence-electron chi connectivity index (χ1n) is 5.50. The number of Topliss-reactive ketones (excluding diaryl/α,β-unsaturated/α-hetero) is 1. The average molecular weight is 232 g/mol. The molecule has 0 amide bonds. The van der Waals surface area contributed by atoms with Crippen molar-refractivity contribution in [3.05, 3.63) is 40.8 Å². The van der Waals surface area contributed by atoms with E-state index in [1.54, 1.807) is 0 Å². The summed E-state index contributed by atoms with van der Waals surface area (Å²) in [5.41, 5.74) is 1.85. The van der Waals surface area contributed by atoms with Crippen LogP contribution in [0.1, 0.15) is 32.3 Å². The molecule has 0 aromatic heterocycles. The molecule has 0 unspecified atom stereocenters. The summed E-state index contributed by atoms with van der Waals surface area (Å²) < 4.78 is 0. The lowest BCUT2D eigenvalue weighted by Crippen LogP contribution is -2.23. The average Bonchev–Trinajstić information content (AvgIpc) is 2.16. The molecule has 0 spiro atoms. The quantitative estimate of drug-likeness (QED) is 0.730. The number of hydrogen-bond donors (Lipinski definition) is 1. The zero-order chi connectivity index (χ0) is 11.8. The fourth-order valence-corrected chi connectivity index (χ4v) is 2.90. The van der Waals surface area contributed by atoms with Crippen LogP contribution in [0.15, 0.2) is 35.2 Å². The number of carbonyl (C=O) groups excluding carboxylic acids is 1. The third-order valence-electron chi connectivity index (χ3n) is 2.91. The standard InChI is InChI=1S/C14H16OS/c1-14(2)8-11(15)13(12(16)9-14)10-6-4-3-5-7-10/h3-7,16H,8-9H2,1-2H3. The van der Waals surface area contributed by atoms with E-state index in [4.69, 9.17) is 0 Å². The predicted octanol–water partition coefficient (Wildman–Crippen LogP) is 3.72. The van der Waals surface area contributed by atoms with Crippen LogP contribution in [0.4, 0.5) is 0 Å². The summed E-state index contributed by atoms with van der Waals surface area (Å²) in [5, 5.41) is 0. The number of ketones is 1. The Hall–Kier alpha value is -1.02. The zero-order valence-corrected chi connectivity index (χ0v) is 10.6. The van der Waals surface area contributed by atoms with Gasteiger partial charge in [0, 0.05) is 12.0 Å². The third-order valence-corrected chi connectivity index (χ3v) is 3.30. The summed E-state index contributed by atoms with van der Waals surface area (Å²) >= 11 is 4.50. The monoisotopic (exact) mass is 232 g/mol. The van der Waals surface area contributed by atoms with Gasteiger partial charge in [-0.05, 0) is 22.3 Å². The van der Waals surface area contributed by atoms with Crippen LogP contribution in [0.2, 0.25) is 0 Å². The van der Waals surface area contributed by atoms with Gasteiger partial charge >= 0.3 is 0 Å². The first-order valence-corrected chi connectivity index (χ1v) is 5.95. The van der Waals surface area contributed by atoms with Gasteiger partial charge in [0.1, 0.15) is 0 Å². The van der Waals surface area contributed by atoms with E-state index in [-0.39, 0.29) is 11.2 Å². The predicted molar refractivity (Wildman–Crippen MR) is 70.4 cm³/mol. The molecule has 0 saturated carbocycles. The molecule has 0 saturated heterocycles. The largest absolute Gasteiger partial charge is 0.294 e. The fraction of sp³-hybridized carbons (Fsp3) is 0.357. The van der Waals surface area contributed by atoms with Crippen molar-refractivity contribution in [3.8, 4) is 0 Å². The highest BCUT2D eigenvalue weighted by molar-refractivity contribution is 7.84. The van der Waals surface area contributed by atoms with Crippen LogP contribution in [0, 0.1) is 5.41 Å². The van der Waals surface area contributed by atoms with Gasteiger partial charge in [-0.15, -0.1) is 12.6 Å². The molecule has 0 heterocycles. The maximum atomic E-state index is 12.1. The molecule has 2 rings (SSSR count). The Bertz CT molecular complexity index is 443. The van der Waals surface area contributed by atoms with Gasteiger partial charge in [0.05, 0.1) is 0 Å². The van der Waals surface area contributed by atoms with Crippen molar-refractivity contribution in [1.82, 2.24) is 0 Å². The van der Waals surface area contributed by atoms with Crippen LogP contribution < -0.4 is 0 Å². The highest BCUT2D eigenvalue weighted by Crippen LogP contribution is 2.41. The molecule has 0 aliphatic heterocycles.